The number of halogens is 1. The van der Waals surface area contributed by atoms with Crippen LogP contribution in [0, 0.1) is 0 Å². The first-order valence-electron chi connectivity index (χ1n) is 6.35. The number of fused-ring (bicyclic) bond motifs is 2. The van der Waals surface area contributed by atoms with E-state index in [1.54, 1.807) is 36.0 Å². The van der Waals surface area contributed by atoms with Gasteiger partial charge in [0.2, 0.25) is 0 Å². The van der Waals surface area contributed by atoms with Crippen molar-refractivity contribution in [2.75, 3.05) is 0 Å². The zero-order chi connectivity index (χ0) is 15.0. The number of carbonyl (C=O) groups excluding carboxylic acids is 1. The quantitative estimate of drug-likeness (QED) is 0.915. The first kappa shape index (κ1) is 14.2. The molecule has 106 valence electrons. The van der Waals surface area contributed by atoms with Crippen molar-refractivity contribution in [2.24, 2.45) is 0 Å². The molecular weight excluding hydrogens is 308 g/mol. The number of carboxylic acid groups (broad SMARTS) is 1. The zero-order valence-electron chi connectivity index (χ0n) is 10.9. The zero-order valence-corrected chi connectivity index (χ0v) is 12.5. The molecule has 5 heteroatoms. The summed E-state index contributed by atoms with van der Waals surface area (Å²) in [6, 6.07) is 10.6. The SMILES string of the molecule is O=C(O)Cc1ccc2c(c1)C(=O)c1cc(Cl)ccc1CS2. The fraction of sp³-hybridized carbons (Fsp3) is 0.125. The van der Waals surface area contributed by atoms with Crippen LogP contribution in [0.5, 0.6) is 0 Å². The summed E-state index contributed by atoms with van der Waals surface area (Å²) in [5, 5.41) is 9.40. The average Bonchev–Trinajstić information content (AvgIpc) is 2.57. The number of ketones is 1. The van der Waals surface area contributed by atoms with Gasteiger partial charge in [0.05, 0.1) is 6.42 Å². The summed E-state index contributed by atoms with van der Waals surface area (Å²) < 4.78 is 0. The highest BCUT2D eigenvalue weighted by Crippen LogP contribution is 2.35. The fourth-order valence-corrected chi connectivity index (χ4v) is 3.56. The van der Waals surface area contributed by atoms with Crippen molar-refractivity contribution in [3.05, 3.63) is 63.7 Å². The highest BCUT2D eigenvalue weighted by atomic mass is 35.5. The van der Waals surface area contributed by atoms with Crippen molar-refractivity contribution in [1.82, 2.24) is 0 Å². The van der Waals surface area contributed by atoms with Gasteiger partial charge in [-0.25, -0.2) is 0 Å². The van der Waals surface area contributed by atoms with Crippen molar-refractivity contribution >= 4 is 35.1 Å². The average molecular weight is 319 g/mol. The number of hydrogen-bond donors (Lipinski definition) is 1. The predicted octanol–water partition coefficient (Wildman–Crippen LogP) is 3.80. The van der Waals surface area contributed by atoms with E-state index in [1.165, 1.54) is 0 Å². The van der Waals surface area contributed by atoms with Crippen LogP contribution in [0.4, 0.5) is 0 Å². The van der Waals surface area contributed by atoms with E-state index in [4.69, 9.17) is 16.7 Å². The molecule has 1 N–H and O–H groups in total. The molecule has 0 spiro atoms. The Balaban J connectivity index is 2.10. The molecule has 0 fully saturated rings. The van der Waals surface area contributed by atoms with Gasteiger partial charge < -0.3 is 5.11 Å². The summed E-state index contributed by atoms with van der Waals surface area (Å²) in [5.41, 5.74) is 2.73. The molecule has 2 aromatic carbocycles. The van der Waals surface area contributed by atoms with Crippen molar-refractivity contribution in [1.29, 1.82) is 0 Å². The third kappa shape index (κ3) is 2.82. The van der Waals surface area contributed by atoms with Crippen LogP contribution >= 0.6 is 23.4 Å². The predicted molar refractivity (Wildman–Crippen MR) is 82.2 cm³/mol. The van der Waals surface area contributed by atoms with Crippen molar-refractivity contribution < 1.29 is 14.7 Å². The van der Waals surface area contributed by atoms with E-state index >= 15 is 0 Å². The molecule has 0 saturated heterocycles. The molecule has 0 atom stereocenters. The van der Waals surface area contributed by atoms with E-state index in [1.807, 2.05) is 12.1 Å². The number of carboxylic acids is 1. The van der Waals surface area contributed by atoms with E-state index in [2.05, 4.69) is 0 Å². The molecule has 1 heterocycles. The highest BCUT2D eigenvalue weighted by Gasteiger charge is 2.22. The summed E-state index contributed by atoms with van der Waals surface area (Å²) in [4.78, 5) is 24.4. The Labute approximate surface area is 130 Å². The van der Waals surface area contributed by atoms with Crippen molar-refractivity contribution in [2.45, 2.75) is 17.1 Å². The molecule has 0 aromatic heterocycles. The van der Waals surface area contributed by atoms with Crippen LogP contribution in [-0.4, -0.2) is 16.9 Å². The Morgan fingerprint density at radius 1 is 1.19 bits per heavy atom. The smallest absolute Gasteiger partial charge is 0.307 e. The summed E-state index contributed by atoms with van der Waals surface area (Å²) in [5.74, 6) is -0.310. The van der Waals surface area contributed by atoms with Crippen LogP contribution in [0.25, 0.3) is 0 Å². The molecule has 1 aliphatic heterocycles. The maximum atomic E-state index is 12.7. The Morgan fingerprint density at radius 3 is 2.76 bits per heavy atom. The minimum absolute atomic E-state index is 0.0897. The van der Waals surface area contributed by atoms with Gasteiger partial charge in [0, 0.05) is 26.8 Å². The molecule has 2 aromatic rings. The maximum Gasteiger partial charge on any atom is 0.307 e. The molecule has 0 unspecified atom stereocenters. The lowest BCUT2D eigenvalue weighted by molar-refractivity contribution is -0.136. The second-order valence-electron chi connectivity index (χ2n) is 4.82. The minimum Gasteiger partial charge on any atom is -0.481 e. The van der Waals surface area contributed by atoms with E-state index < -0.39 is 5.97 Å². The number of carbonyl (C=O) groups is 2. The lowest BCUT2D eigenvalue weighted by atomic mass is 9.97. The second-order valence-corrected chi connectivity index (χ2v) is 6.27. The van der Waals surface area contributed by atoms with Gasteiger partial charge in [-0.1, -0.05) is 23.7 Å². The van der Waals surface area contributed by atoms with Crippen LogP contribution in [0.2, 0.25) is 5.02 Å². The minimum atomic E-state index is -0.910. The topological polar surface area (TPSA) is 54.4 Å². The van der Waals surface area contributed by atoms with Crippen LogP contribution in [0.15, 0.2) is 41.3 Å². The Bertz CT molecular complexity index is 755. The third-order valence-corrected chi connectivity index (χ3v) is 4.70. The summed E-state index contributed by atoms with van der Waals surface area (Å²) in [6.07, 6.45) is -0.0897. The molecule has 21 heavy (non-hydrogen) atoms. The van der Waals surface area contributed by atoms with Gasteiger partial charge in [-0.3, -0.25) is 9.59 Å². The van der Waals surface area contributed by atoms with Gasteiger partial charge in [-0.05, 0) is 35.4 Å². The highest BCUT2D eigenvalue weighted by molar-refractivity contribution is 7.98. The van der Waals surface area contributed by atoms with Gasteiger partial charge in [0.25, 0.3) is 0 Å². The standard InChI is InChI=1S/C16H11ClO3S/c17-11-3-2-10-8-21-14-4-1-9(6-15(18)19)5-13(14)16(20)12(10)7-11/h1-5,7H,6,8H2,(H,18,19). The first-order chi connectivity index (χ1) is 10.0. The van der Waals surface area contributed by atoms with Crippen LogP contribution in [0.3, 0.4) is 0 Å². The number of benzene rings is 2. The van der Waals surface area contributed by atoms with Gasteiger partial charge in [0.1, 0.15) is 0 Å². The van der Waals surface area contributed by atoms with Crippen molar-refractivity contribution in [3.8, 4) is 0 Å². The van der Waals surface area contributed by atoms with Crippen molar-refractivity contribution in [3.63, 3.8) is 0 Å². The number of rotatable bonds is 2. The number of aliphatic carboxylic acids is 1. The normalized spacial score (nSPS) is 13.3. The number of thioether (sulfide) groups is 1. The molecule has 0 saturated carbocycles. The van der Waals surface area contributed by atoms with Gasteiger partial charge in [-0.2, -0.15) is 0 Å². The van der Waals surface area contributed by atoms with E-state index in [9.17, 15) is 9.59 Å². The summed E-state index contributed by atoms with van der Waals surface area (Å²) >= 11 is 7.56. The molecule has 3 nitrogen and oxygen atoms in total. The monoisotopic (exact) mass is 318 g/mol. The van der Waals surface area contributed by atoms with Crippen LogP contribution < -0.4 is 0 Å². The second kappa shape index (κ2) is 5.54. The van der Waals surface area contributed by atoms with Gasteiger partial charge in [0.15, 0.2) is 5.78 Å². The number of hydrogen-bond acceptors (Lipinski definition) is 3. The van der Waals surface area contributed by atoms with Crippen LogP contribution in [-0.2, 0) is 17.0 Å². The summed E-state index contributed by atoms with van der Waals surface area (Å²) in [6.45, 7) is 0. The van der Waals surface area contributed by atoms with E-state index in [-0.39, 0.29) is 12.2 Å². The van der Waals surface area contributed by atoms with Gasteiger partial charge in [-0.15, -0.1) is 11.8 Å². The van der Waals surface area contributed by atoms with E-state index in [0.717, 1.165) is 10.5 Å². The Morgan fingerprint density at radius 2 is 2.00 bits per heavy atom. The molecule has 3 rings (SSSR count). The fourth-order valence-electron chi connectivity index (χ4n) is 2.35. The molecule has 0 bridgehead atoms. The molecule has 1 aliphatic rings. The Kier molecular flexibility index (Phi) is 3.74. The van der Waals surface area contributed by atoms with Gasteiger partial charge >= 0.3 is 5.97 Å². The molecular formula is C16H11ClO3S. The Hall–Kier alpha value is -1.78. The largest absolute Gasteiger partial charge is 0.481 e. The molecule has 0 amide bonds. The lowest BCUT2D eigenvalue weighted by Gasteiger charge is -2.07. The maximum absolute atomic E-state index is 12.7. The first-order valence-corrected chi connectivity index (χ1v) is 7.71. The molecule has 0 aliphatic carbocycles. The van der Waals surface area contributed by atoms with E-state index in [0.29, 0.717) is 27.5 Å². The van der Waals surface area contributed by atoms with Crippen LogP contribution in [0.1, 0.15) is 27.0 Å². The lowest BCUT2D eigenvalue weighted by Crippen LogP contribution is -2.06. The molecule has 0 radical (unpaired) electrons. The summed E-state index contributed by atoms with van der Waals surface area (Å²) in [7, 11) is 0. The third-order valence-electron chi connectivity index (χ3n) is 3.34.